The summed E-state index contributed by atoms with van der Waals surface area (Å²) in [5.74, 6) is 0.722. The van der Waals surface area contributed by atoms with Gasteiger partial charge in [-0.1, -0.05) is 17.3 Å². The van der Waals surface area contributed by atoms with E-state index in [1.807, 2.05) is 4.90 Å². The van der Waals surface area contributed by atoms with Gasteiger partial charge in [0.2, 0.25) is 11.7 Å². The molecule has 9 nitrogen and oxygen atoms in total. The van der Waals surface area contributed by atoms with Crippen molar-refractivity contribution in [2.45, 2.75) is 25.5 Å². The molecule has 1 aromatic heterocycles. The molecule has 0 aliphatic carbocycles. The predicted molar refractivity (Wildman–Crippen MR) is 102 cm³/mol. The second-order valence-corrected chi connectivity index (χ2v) is 7.18. The number of carbonyl (C=O) groups is 2. The standard InChI is InChI=1S/C20H24N4O5/c1-27-20(26)15-6-4-14(5-7-15)18-21-17(29-22-18)13-23-8-10-24(11-9-23)19(25)16-3-2-12-28-16/h4-7,16H,2-3,8-13H2,1H3. The topological polar surface area (TPSA) is 98.0 Å². The summed E-state index contributed by atoms with van der Waals surface area (Å²) in [4.78, 5) is 32.5. The first kappa shape index (κ1) is 19.5. The molecule has 2 aromatic rings. The van der Waals surface area contributed by atoms with Crippen molar-refractivity contribution in [3.05, 3.63) is 35.7 Å². The third-order valence-corrected chi connectivity index (χ3v) is 5.28. The lowest BCUT2D eigenvalue weighted by Crippen LogP contribution is -2.51. The SMILES string of the molecule is COC(=O)c1ccc(-c2noc(CN3CCN(C(=O)C4CCCO4)CC3)n2)cc1. The number of nitrogens with zero attached hydrogens (tertiary/aromatic N) is 4. The summed E-state index contributed by atoms with van der Waals surface area (Å²) < 4.78 is 15.6. The van der Waals surface area contributed by atoms with Crippen LogP contribution in [0.4, 0.5) is 0 Å². The van der Waals surface area contributed by atoms with E-state index in [1.165, 1.54) is 7.11 Å². The highest BCUT2D eigenvalue weighted by Crippen LogP contribution is 2.19. The summed E-state index contributed by atoms with van der Waals surface area (Å²) >= 11 is 0. The minimum Gasteiger partial charge on any atom is -0.465 e. The summed E-state index contributed by atoms with van der Waals surface area (Å²) in [5.41, 5.74) is 1.23. The Bertz CT molecular complexity index is 852. The predicted octanol–water partition coefficient (Wildman–Crippen LogP) is 1.35. The van der Waals surface area contributed by atoms with Gasteiger partial charge >= 0.3 is 5.97 Å². The van der Waals surface area contributed by atoms with Crippen LogP contribution in [-0.2, 0) is 20.8 Å². The molecule has 154 valence electrons. The van der Waals surface area contributed by atoms with Crippen molar-refractivity contribution in [1.29, 1.82) is 0 Å². The molecule has 2 aliphatic heterocycles. The Morgan fingerprint density at radius 1 is 1.17 bits per heavy atom. The zero-order valence-corrected chi connectivity index (χ0v) is 16.4. The van der Waals surface area contributed by atoms with Crippen molar-refractivity contribution in [3.63, 3.8) is 0 Å². The quantitative estimate of drug-likeness (QED) is 0.694. The van der Waals surface area contributed by atoms with Crippen LogP contribution >= 0.6 is 0 Å². The van der Waals surface area contributed by atoms with Crippen molar-refractivity contribution in [1.82, 2.24) is 19.9 Å². The van der Waals surface area contributed by atoms with Gasteiger partial charge < -0.3 is 18.9 Å². The van der Waals surface area contributed by atoms with Gasteiger partial charge in [-0.25, -0.2) is 4.79 Å². The molecule has 3 heterocycles. The van der Waals surface area contributed by atoms with Crippen molar-refractivity contribution in [2.24, 2.45) is 0 Å². The highest BCUT2D eigenvalue weighted by Gasteiger charge is 2.30. The molecule has 0 radical (unpaired) electrons. The van der Waals surface area contributed by atoms with Crippen molar-refractivity contribution >= 4 is 11.9 Å². The van der Waals surface area contributed by atoms with Gasteiger partial charge in [-0.05, 0) is 25.0 Å². The monoisotopic (exact) mass is 400 g/mol. The molecule has 2 saturated heterocycles. The van der Waals surface area contributed by atoms with Gasteiger partial charge in [0, 0.05) is 38.3 Å². The number of carbonyl (C=O) groups excluding carboxylic acids is 2. The van der Waals surface area contributed by atoms with E-state index < -0.39 is 0 Å². The molecule has 1 amide bonds. The third-order valence-electron chi connectivity index (χ3n) is 5.28. The van der Waals surface area contributed by atoms with Gasteiger partial charge in [0.15, 0.2) is 0 Å². The zero-order valence-electron chi connectivity index (χ0n) is 16.4. The van der Waals surface area contributed by atoms with Crippen molar-refractivity contribution < 1.29 is 23.6 Å². The maximum absolute atomic E-state index is 12.4. The van der Waals surface area contributed by atoms with Gasteiger partial charge in [-0.2, -0.15) is 4.98 Å². The Morgan fingerprint density at radius 2 is 1.93 bits per heavy atom. The fourth-order valence-corrected chi connectivity index (χ4v) is 3.60. The average Bonchev–Trinajstić information content (AvgIpc) is 3.46. The largest absolute Gasteiger partial charge is 0.465 e. The van der Waals surface area contributed by atoms with E-state index >= 15 is 0 Å². The van der Waals surface area contributed by atoms with Gasteiger partial charge in [-0.15, -0.1) is 0 Å². The molecule has 9 heteroatoms. The molecule has 4 rings (SSSR count). The van der Waals surface area contributed by atoms with Crippen LogP contribution in [0.3, 0.4) is 0 Å². The molecule has 0 N–H and O–H groups in total. The molecular weight excluding hydrogens is 376 g/mol. The van der Waals surface area contributed by atoms with Crippen LogP contribution in [0.5, 0.6) is 0 Å². The van der Waals surface area contributed by atoms with Gasteiger partial charge in [0.1, 0.15) is 6.10 Å². The van der Waals surface area contributed by atoms with Crippen LogP contribution in [0.25, 0.3) is 11.4 Å². The number of aromatic nitrogens is 2. The van der Waals surface area contributed by atoms with E-state index in [-0.39, 0.29) is 18.0 Å². The lowest BCUT2D eigenvalue weighted by Gasteiger charge is -2.35. The number of methoxy groups -OCH3 is 1. The Hall–Kier alpha value is -2.78. The molecule has 1 aromatic carbocycles. The number of amides is 1. The Kier molecular flexibility index (Phi) is 5.86. The highest BCUT2D eigenvalue weighted by atomic mass is 16.5. The van der Waals surface area contributed by atoms with Crippen LogP contribution in [0.15, 0.2) is 28.8 Å². The molecule has 2 fully saturated rings. The van der Waals surface area contributed by atoms with E-state index in [1.54, 1.807) is 24.3 Å². The average molecular weight is 400 g/mol. The first-order chi connectivity index (χ1) is 14.1. The van der Waals surface area contributed by atoms with Crippen molar-refractivity contribution in [2.75, 3.05) is 39.9 Å². The van der Waals surface area contributed by atoms with E-state index in [4.69, 9.17) is 14.0 Å². The molecular formula is C20H24N4O5. The first-order valence-corrected chi connectivity index (χ1v) is 9.78. The minimum atomic E-state index is -0.387. The van der Waals surface area contributed by atoms with Gasteiger partial charge in [0.05, 0.1) is 19.2 Å². The van der Waals surface area contributed by atoms with Crippen LogP contribution in [-0.4, -0.2) is 77.8 Å². The zero-order chi connectivity index (χ0) is 20.2. The Balaban J connectivity index is 1.30. The number of esters is 1. The van der Waals surface area contributed by atoms with Crippen LogP contribution in [0.1, 0.15) is 29.1 Å². The lowest BCUT2D eigenvalue weighted by molar-refractivity contribution is -0.142. The molecule has 1 atom stereocenters. The normalized spacial score (nSPS) is 20.0. The van der Waals surface area contributed by atoms with Crippen molar-refractivity contribution in [3.8, 4) is 11.4 Å². The van der Waals surface area contributed by atoms with Gasteiger partial charge in [0.25, 0.3) is 5.91 Å². The summed E-state index contributed by atoms with van der Waals surface area (Å²) in [6.45, 7) is 4.08. The number of ether oxygens (including phenoxy) is 2. The summed E-state index contributed by atoms with van der Waals surface area (Å²) in [6.07, 6.45) is 1.52. The smallest absolute Gasteiger partial charge is 0.337 e. The molecule has 0 saturated carbocycles. The van der Waals surface area contributed by atoms with E-state index in [0.29, 0.717) is 43.5 Å². The number of hydrogen-bond acceptors (Lipinski definition) is 8. The third kappa shape index (κ3) is 4.46. The molecule has 0 spiro atoms. The molecule has 1 unspecified atom stereocenters. The van der Waals surface area contributed by atoms with Crippen LogP contribution < -0.4 is 0 Å². The fourth-order valence-electron chi connectivity index (χ4n) is 3.60. The van der Waals surface area contributed by atoms with Gasteiger partial charge in [-0.3, -0.25) is 9.69 Å². The Morgan fingerprint density at radius 3 is 2.59 bits per heavy atom. The van der Waals surface area contributed by atoms with E-state index in [2.05, 4.69) is 15.0 Å². The molecule has 29 heavy (non-hydrogen) atoms. The first-order valence-electron chi connectivity index (χ1n) is 9.78. The maximum Gasteiger partial charge on any atom is 0.337 e. The number of rotatable bonds is 5. The number of piperazine rings is 1. The molecule has 2 aliphatic rings. The number of hydrogen-bond donors (Lipinski definition) is 0. The summed E-state index contributed by atoms with van der Waals surface area (Å²) in [5, 5.41) is 4.03. The minimum absolute atomic E-state index is 0.109. The second kappa shape index (κ2) is 8.71. The van der Waals surface area contributed by atoms with E-state index in [9.17, 15) is 9.59 Å². The Labute approximate surface area is 168 Å². The lowest BCUT2D eigenvalue weighted by atomic mass is 10.1. The fraction of sp³-hybridized carbons (Fsp3) is 0.500. The van der Waals surface area contributed by atoms with Crippen LogP contribution in [0.2, 0.25) is 0 Å². The summed E-state index contributed by atoms with van der Waals surface area (Å²) in [7, 11) is 1.35. The second-order valence-electron chi connectivity index (χ2n) is 7.18. The highest BCUT2D eigenvalue weighted by molar-refractivity contribution is 5.89. The maximum atomic E-state index is 12.4. The molecule has 0 bridgehead atoms. The van der Waals surface area contributed by atoms with Crippen LogP contribution in [0, 0.1) is 0 Å². The van der Waals surface area contributed by atoms with E-state index in [0.717, 1.165) is 31.5 Å². The summed E-state index contributed by atoms with van der Waals surface area (Å²) in [6, 6.07) is 6.86. The number of benzene rings is 1.